The summed E-state index contributed by atoms with van der Waals surface area (Å²) in [7, 11) is 0. The summed E-state index contributed by atoms with van der Waals surface area (Å²) in [5, 5.41) is 0. The zero-order valence-electron chi connectivity index (χ0n) is 10.9. The van der Waals surface area contributed by atoms with Gasteiger partial charge in [0.25, 0.3) is 0 Å². The molecule has 2 atom stereocenters. The summed E-state index contributed by atoms with van der Waals surface area (Å²) in [6.07, 6.45) is 3.85. The summed E-state index contributed by atoms with van der Waals surface area (Å²) in [5.74, 6) is 2.46. The van der Waals surface area contributed by atoms with Crippen molar-refractivity contribution in [3.8, 4) is 17.2 Å². The first kappa shape index (κ1) is 11.4. The first-order chi connectivity index (χ1) is 9.90. The molecule has 0 saturated carbocycles. The number of ether oxygens (including phenoxy) is 3. The van der Waals surface area contributed by atoms with Crippen LogP contribution in [-0.4, -0.2) is 18.8 Å². The van der Waals surface area contributed by atoms with Crippen molar-refractivity contribution >= 4 is 6.08 Å². The van der Waals surface area contributed by atoms with Gasteiger partial charge in [-0.15, -0.1) is 0 Å². The molecule has 2 heterocycles. The number of rotatable bonds is 1. The van der Waals surface area contributed by atoms with Crippen molar-refractivity contribution in [1.29, 1.82) is 0 Å². The molecule has 0 aliphatic carbocycles. The first-order valence-corrected chi connectivity index (χ1v) is 6.72. The minimum Gasteiger partial charge on any atom is -0.486 e. The van der Waals surface area contributed by atoms with E-state index in [4.69, 9.17) is 14.2 Å². The summed E-state index contributed by atoms with van der Waals surface area (Å²) < 4.78 is 17.7. The highest BCUT2D eigenvalue weighted by Crippen LogP contribution is 2.34. The maximum absolute atomic E-state index is 5.99. The van der Waals surface area contributed by atoms with Gasteiger partial charge >= 0.3 is 0 Å². The highest BCUT2D eigenvalue weighted by atomic mass is 16.6. The second-order valence-electron chi connectivity index (χ2n) is 4.89. The average Bonchev–Trinajstić information content (AvgIpc) is 2.54. The molecule has 3 heteroatoms. The second kappa shape index (κ2) is 4.60. The lowest BCUT2D eigenvalue weighted by Crippen LogP contribution is -2.42. The van der Waals surface area contributed by atoms with Crippen molar-refractivity contribution in [3.63, 3.8) is 0 Å². The van der Waals surface area contributed by atoms with Gasteiger partial charge in [-0.1, -0.05) is 36.4 Å². The molecule has 0 bridgehead atoms. The van der Waals surface area contributed by atoms with E-state index in [9.17, 15) is 0 Å². The molecular formula is C17H14O3. The number of para-hydroxylation sites is 3. The third kappa shape index (κ3) is 1.92. The number of benzene rings is 2. The van der Waals surface area contributed by atoms with E-state index in [1.54, 1.807) is 0 Å². The molecule has 2 aliphatic heterocycles. The highest BCUT2D eigenvalue weighted by molar-refractivity contribution is 5.60. The number of hydrogen-bond acceptors (Lipinski definition) is 3. The fourth-order valence-corrected chi connectivity index (χ4v) is 2.51. The van der Waals surface area contributed by atoms with Crippen LogP contribution in [0.3, 0.4) is 0 Å². The maximum atomic E-state index is 5.99. The number of hydrogen-bond donors (Lipinski definition) is 0. The van der Waals surface area contributed by atoms with E-state index >= 15 is 0 Å². The highest BCUT2D eigenvalue weighted by Gasteiger charge is 2.30. The van der Waals surface area contributed by atoms with E-state index in [0.717, 1.165) is 22.8 Å². The molecule has 4 rings (SSSR count). The van der Waals surface area contributed by atoms with Gasteiger partial charge in [0, 0.05) is 5.56 Å². The van der Waals surface area contributed by atoms with E-state index < -0.39 is 0 Å². The van der Waals surface area contributed by atoms with Gasteiger partial charge in [0.2, 0.25) is 0 Å². The van der Waals surface area contributed by atoms with Crippen LogP contribution >= 0.6 is 0 Å². The molecule has 0 fully saturated rings. The van der Waals surface area contributed by atoms with Crippen LogP contribution in [0.5, 0.6) is 17.2 Å². The van der Waals surface area contributed by atoms with Crippen LogP contribution in [0, 0.1) is 0 Å². The predicted octanol–water partition coefficient (Wildman–Crippen LogP) is 3.30. The Balaban J connectivity index is 1.57. The summed E-state index contributed by atoms with van der Waals surface area (Å²) >= 11 is 0. The molecular weight excluding hydrogens is 252 g/mol. The normalized spacial score (nSPS) is 22.8. The lowest BCUT2D eigenvalue weighted by molar-refractivity contribution is 0.0224. The molecule has 0 aromatic heterocycles. The third-order valence-corrected chi connectivity index (χ3v) is 3.54. The summed E-state index contributed by atoms with van der Waals surface area (Å²) in [4.78, 5) is 0. The molecule has 0 radical (unpaired) electrons. The average molecular weight is 266 g/mol. The molecule has 20 heavy (non-hydrogen) atoms. The molecule has 0 N–H and O–H groups in total. The van der Waals surface area contributed by atoms with Gasteiger partial charge in [0.15, 0.2) is 23.7 Å². The zero-order valence-corrected chi connectivity index (χ0v) is 10.9. The van der Waals surface area contributed by atoms with Crippen molar-refractivity contribution in [2.75, 3.05) is 6.61 Å². The van der Waals surface area contributed by atoms with E-state index in [-0.39, 0.29) is 12.2 Å². The van der Waals surface area contributed by atoms with Crippen LogP contribution in [0.1, 0.15) is 5.56 Å². The Labute approximate surface area is 117 Å². The molecule has 3 nitrogen and oxygen atoms in total. The first-order valence-electron chi connectivity index (χ1n) is 6.72. The summed E-state index contributed by atoms with van der Waals surface area (Å²) in [5.41, 5.74) is 1.10. The molecule has 0 saturated heterocycles. The van der Waals surface area contributed by atoms with Gasteiger partial charge in [-0.05, 0) is 24.3 Å². The lowest BCUT2D eigenvalue weighted by Gasteiger charge is -2.32. The minimum absolute atomic E-state index is 0.127. The molecule has 0 spiro atoms. The van der Waals surface area contributed by atoms with Crippen molar-refractivity contribution in [2.24, 2.45) is 0 Å². The Morgan fingerprint density at radius 2 is 1.55 bits per heavy atom. The number of fused-ring (bicyclic) bond motifs is 2. The standard InChI is InChI=1S/C17H14O3/c1-2-6-13-12(5-1)9-10-16(19-13)17-11-18-14-7-3-4-8-15(14)20-17/h1-10,16-17H,11H2. The fraction of sp³-hybridized carbons (Fsp3) is 0.176. The van der Waals surface area contributed by atoms with Gasteiger partial charge in [0.1, 0.15) is 12.4 Å². The summed E-state index contributed by atoms with van der Waals surface area (Å²) in [6.45, 7) is 0.494. The van der Waals surface area contributed by atoms with Gasteiger partial charge < -0.3 is 14.2 Å². The zero-order chi connectivity index (χ0) is 13.4. The van der Waals surface area contributed by atoms with Gasteiger partial charge in [-0.25, -0.2) is 0 Å². The Morgan fingerprint density at radius 3 is 2.45 bits per heavy atom. The van der Waals surface area contributed by atoms with Crippen molar-refractivity contribution in [3.05, 3.63) is 60.2 Å². The van der Waals surface area contributed by atoms with E-state index in [0.29, 0.717) is 6.61 Å². The second-order valence-corrected chi connectivity index (χ2v) is 4.89. The van der Waals surface area contributed by atoms with Gasteiger partial charge in [-0.3, -0.25) is 0 Å². The monoisotopic (exact) mass is 266 g/mol. The lowest BCUT2D eigenvalue weighted by atomic mass is 10.1. The van der Waals surface area contributed by atoms with Crippen molar-refractivity contribution < 1.29 is 14.2 Å². The Kier molecular flexibility index (Phi) is 2.62. The quantitative estimate of drug-likeness (QED) is 0.792. The van der Waals surface area contributed by atoms with Gasteiger partial charge in [0.05, 0.1) is 0 Å². The smallest absolute Gasteiger partial charge is 0.173 e. The summed E-state index contributed by atoms with van der Waals surface area (Å²) in [6, 6.07) is 15.7. The largest absolute Gasteiger partial charge is 0.486 e. The van der Waals surface area contributed by atoms with Crippen molar-refractivity contribution in [2.45, 2.75) is 12.2 Å². The molecule has 2 aromatic rings. The molecule has 100 valence electrons. The molecule has 0 amide bonds. The third-order valence-electron chi connectivity index (χ3n) is 3.54. The van der Waals surface area contributed by atoms with Crippen LogP contribution in [0.15, 0.2) is 54.6 Å². The minimum atomic E-state index is -0.130. The van der Waals surface area contributed by atoms with E-state index in [1.807, 2.05) is 54.6 Å². The molecule has 2 unspecified atom stereocenters. The maximum Gasteiger partial charge on any atom is 0.173 e. The SMILES string of the molecule is C1=CC(C2COc3ccccc3O2)Oc2ccccc21. The van der Waals surface area contributed by atoms with E-state index in [1.165, 1.54) is 0 Å². The fourth-order valence-electron chi connectivity index (χ4n) is 2.51. The van der Waals surface area contributed by atoms with Gasteiger partial charge in [-0.2, -0.15) is 0 Å². The molecule has 2 aliphatic rings. The van der Waals surface area contributed by atoms with Crippen LogP contribution in [0.2, 0.25) is 0 Å². The van der Waals surface area contributed by atoms with E-state index in [2.05, 4.69) is 6.08 Å². The van der Waals surface area contributed by atoms with Crippen LogP contribution < -0.4 is 14.2 Å². The van der Waals surface area contributed by atoms with Crippen LogP contribution in [0.25, 0.3) is 6.08 Å². The topological polar surface area (TPSA) is 27.7 Å². The van der Waals surface area contributed by atoms with Crippen LogP contribution in [-0.2, 0) is 0 Å². The Bertz CT molecular complexity index is 663. The van der Waals surface area contributed by atoms with Crippen LogP contribution in [0.4, 0.5) is 0 Å². The Hall–Kier alpha value is -2.42. The predicted molar refractivity (Wildman–Crippen MR) is 76.2 cm³/mol. The Morgan fingerprint density at radius 1 is 0.800 bits per heavy atom. The van der Waals surface area contributed by atoms with Crippen molar-refractivity contribution in [1.82, 2.24) is 0 Å². The molecule has 2 aromatic carbocycles.